The Balaban J connectivity index is 2.50. The summed E-state index contributed by atoms with van der Waals surface area (Å²) < 4.78 is 10.1. The SMILES string of the molecule is C#CC(=O)N(c1ccc(O)cc1OC)C(C(=O)NCC(=O)OCC)c1cccs1. The van der Waals surface area contributed by atoms with E-state index in [0.29, 0.717) is 4.88 Å². The maximum Gasteiger partial charge on any atom is 0.325 e. The number of rotatable bonds is 8. The Morgan fingerprint density at radius 2 is 2.10 bits per heavy atom. The van der Waals surface area contributed by atoms with Crippen LogP contribution in [-0.4, -0.2) is 43.2 Å². The molecule has 2 rings (SSSR count). The minimum absolute atomic E-state index is 0.0851. The van der Waals surface area contributed by atoms with Crippen molar-refractivity contribution in [2.75, 3.05) is 25.2 Å². The summed E-state index contributed by atoms with van der Waals surface area (Å²) in [4.78, 5) is 38.9. The number of anilines is 1. The number of methoxy groups -OCH3 is 1. The molecule has 1 aromatic heterocycles. The fourth-order valence-corrected chi connectivity index (χ4v) is 3.40. The number of esters is 1. The molecule has 2 aromatic rings. The van der Waals surface area contributed by atoms with Crippen molar-refractivity contribution in [3.63, 3.8) is 0 Å². The Bertz CT molecular complexity index is 920. The van der Waals surface area contributed by atoms with Crippen molar-refractivity contribution >= 4 is 34.8 Å². The summed E-state index contributed by atoms with van der Waals surface area (Å²) in [7, 11) is 1.36. The van der Waals surface area contributed by atoms with Crippen molar-refractivity contribution in [1.29, 1.82) is 0 Å². The number of phenols is 1. The molecule has 152 valence electrons. The first-order valence-corrected chi connectivity index (χ1v) is 9.44. The van der Waals surface area contributed by atoms with Crippen LogP contribution in [0.2, 0.25) is 0 Å². The Morgan fingerprint density at radius 3 is 2.69 bits per heavy atom. The van der Waals surface area contributed by atoms with Crippen LogP contribution in [0.5, 0.6) is 11.5 Å². The second kappa shape index (κ2) is 10.1. The second-order valence-electron chi connectivity index (χ2n) is 5.62. The van der Waals surface area contributed by atoms with Gasteiger partial charge in [-0.3, -0.25) is 19.3 Å². The molecule has 0 fully saturated rings. The van der Waals surface area contributed by atoms with Crippen molar-refractivity contribution in [1.82, 2.24) is 5.32 Å². The lowest BCUT2D eigenvalue weighted by molar-refractivity contribution is -0.143. The van der Waals surface area contributed by atoms with Crippen molar-refractivity contribution < 1.29 is 29.0 Å². The molecule has 2 N–H and O–H groups in total. The molecule has 2 amide bonds. The number of carbonyl (C=O) groups excluding carboxylic acids is 3. The van der Waals surface area contributed by atoms with Gasteiger partial charge in [-0.1, -0.05) is 6.07 Å². The van der Waals surface area contributed by atoms with E-state index >= 15 is 0 Å². The molecule has 0 aliphatic heterocycles. The number of ether oxygens (including phenoxy) is 2. The normalized spacial score (nSPS) is 11.1. The zero-order valence-electron chi connectivity index (χ0n) is 15.9. The molecule has 0 aliphatic rings. The lowest BCUT2D eigenvalue weighted by atomic mass is 10.1. The molecule has 0 aliphatic carbocycles. The smallest absolute Gasteiger partial charge is 0.325 e. The number of benzene rings is 1. The first-order chi connectivity index (χ1) is 13.9. The first kappa shape index (κ1) is 21.8. The van der Waals surface area contributed by atoms with Gasteiger partial charge in [0, 0.05) is 10.9 Å². The minimum Gasteiger partial charge on any atom is -0.508 e. The molecule has 1 atom stereocenters. The van der Waals surface area contributed by atoms with Crippen LogP contribution in [0.4, 0.5) is 5.69 Å². The minimum atomic E-state index is -1.16. The van der Waals surface area contributed by atoms with E-state index in [1.807, 2.05) is 5.92 Å². The van der Waals surface area contributed by atoms with Gasteiger partial charge >= 0.3 is 11.9 Å². The standard InChI is InChI=1S/C20H20N2O6S/c1-4-17(24)22(14-9-8-13(23)11-15(14)27-3)19(16-7-6-10-29-16)20(26)21-12-18(25)28-5-2/h1,6-11,19,23H,5,12H2,2-3H3,(H,21,26). The average Bonchev–Trinajstić information content (AvgIpc) is 3.24. The topological polar surface area (TPSA) is 105 Å². The van der Waals surface area contributed by atoms with Gasteiger partial charge < -0.3 is 19.9 Å². The molecule has 29 heavy (non-hydrogen) atoms. The fraction of sp³-hybridized carbons (Fsp3) is 0.250. The Labute approximate surface area is 172 Å². The summed E-state index contributed by atoms with van der Waals surface area (Å²) in [6.45, 7) is 1.47. The van der Waals surface area contributed by atoms with Gasteiger partial charge in [0.25, 0.3) is 0 Å². The second-order valence-corrected chi connectivity index (χ2v) is 6.60. The van der Waals surface area contributed by atoms with Crippen LogP contribution in [0.15, 0.2) is 35.7 Å². The highest BCUT2D eigenvalue weighted by atomic mass is 32.1. The third-order valence-corrected chi connectivity index (χ3v) is 4.72. The monoisotopic (exact) mass is 416 g/mol. The Hall–Kier alpha value is -3.51. The highest BCUT2D eigenvalue weighted by molar-refractivity contribution is 7.10. The molecule has 8 nitrogen and oxygen atoms in total. The quantitative estimate of drug-likeness (QED) is 0.503. The van der Waals surface area contributed by atoms with Gasteiger partial charge in [0.1, 0.15) is 18.0 Å². The molecule has 1 aromatic carbocycles. The number of nitrogens with one attached hydrogen (secondary N) is 1. The predicted octanol–water partition coefficient (Wildman–Crippen LogP) is 1.85. The number of amides is 2. The summed E-state index contributed by atoms with van der Waals surface area (Å²) in [5, 5.41) is 13.9. The summed E-state index contributed by atoms with van der Waals surface area (Å²) in [5.74, 6) is 0.0483. The van der Waals surface area contributed by atoms with Crippen molar-refractivity contribution in [2.45, 2.75) is 13.0 Å². The van der Waals surface area contributed by atoms with Gasteiger partial charge in [-0.05, 0) is 36.4 Å². The van der Waals surface area contributed by atoms with Crippen LogP contribution in [0.25, 0.3) is 0 Å². The van der Waals surface area contributed by atoms with Crippen LogP contribution >= 0.6 is 11.3 Å². The number of terminal acetylenes is 1. The van der Waals surface area contributed by atoms with E-state index in [9.17, 15) is 19.5 Å². The molecule has 9 heteroatoms. The van der Waals surface area contributed by atoms with Crippen LogP contribution < -0.4 is 15.0 Å². The number of phenolic OH excluding ortho intramolecular Hbond substituents is 1. The molecular formula is C20H20N2O6S. The summed E-state index contributed by atoms with van der Waals surface area (Å²) in [6.07, 6.45) is 5.35. The van der Waals surface area contributed by atoms with E-state index < -0.39 is 23.8 Å². The lowest BCUT2D eigenvalue weighted by Crippen LogP contribution is -2.44. The fourth-order valence-electron chi connectivity index (χ4n) is 2.59. The Morgan fingerprint density at radius 1 is 1.34 bits per heavy atom. The largest absolute Gasteiger partial charge is 0.508 e. The zero-order chi connectivity index (χ0) is 21.4. The van der Waals surface area contributed by atoms with Crippen LogP contribution in [-0.2, 0) is 19.1 Å². The molecule has 0 radical (unpaired) electrons. The molecule has 0 saturated heterocycles. The summed E-state index contributed by atoms with van der Waals surface area (Å²) in [5.41, 5.74) is 0.193. The zero-order valence-corrected chi connectivity index (χ0v) is 16.7. The maximum absolute atomic E-state index is 13.0. The third kappa shape index (κ3) is 5.27. The molecule has 0 spiro atoms. The molecule has 0 bridgehead atoms. The van der Waals surface area contributed by atoms with Gasteiger partial charge in [-0.15, -0.1) is 17.8 Å². The highest BCUT2D eigenvalue weighted by Crippen LogP contribution is 2.38. The lowest BCUT2D eigenvalue weighted by Gasteiger charge is -2.30. The van der Waals surface area contributed by atoms with E-state index in [4.69, 9.17) is 15.9 Å². The summed E-state index contributed by atoms with van der Waals surface area (Å²) >= 11 is 1.24. The molecule has 0 saturated carbocycles. The molecular weight excluding hydrogens is 396 g/mol. The van der Waals surface area contributed by atoms with E-state index in [1.165, 1.54) is 36.6 Å². The molecule has 1 unspecified atom stereocenters. The van der Waals surface area contributed by atoms with Gasteiger partial charge in [-0.2, -0.15) is 0 Å². The van der Waals surface area contributed by atoms with Crippen LogP contribution in [0.1, 0.15) is 17.8 Å². The number of nitrogens with zero attached hydrogens (tertiary/aromatic N) is 1. The van der Waals surface area contributed by atoms with Gasteiger partial charge in [0.05, 0.1) is 19.4 Å². The van der Waals surface area contributed by atoms with Gasteiger partial charge in [0.2, 0.25) is 5.91 Å². The van der Waals surface area contributed by atoms with Crippen LogP contribution in [0, 0.1) is 12.3 Å². The predicted molar refractivity (Wildman–Crippen MR) is 108 cm³/mol. The van der Waals surface area contributed by atoms with Gasteiger partial charge in [0.15, 0.2) is 6.04 Å². The Kier molecular flexibility index (Phi) is 7.62. The number of aromatic hydroxyl groups is 1. The first-order valence-electron chi connectivity index (χ1n) is 8.56. The van der Waals surface area contributed by atoms with Crippen molar-refractivity contribution in [2.24, 2.45) is 0 Å². The average molecular weight is 416 g/mol. The van der Waals surface area contributed by atoms with Gasteiger partial charge in [-0.25, -0.2) is 0 Å². The van der Waals surface area contributed by atoms with E-state index in [2.05, 4.69) is 5.32 Å². The number of hydrogen-bond acceptors (Lipinski definition) is 7. The molecule has 1 heterocycles. The number of thiophene rings is 1. The number of carbonyl (C=O) groups is 3. The van der Waals surface area contributed by atoms with E-state index in [0.717, 1.165) is 4.90 Å². The van der Waals surface area contributed by atoms with E-state index in [1.54, 1.807) is 24.4 Å². The van der Waals surface area contributed by atoms with Crippen molar-refractivity contribution in [3.8, 4) is 23.8 Å². The van der Waals surface area contributed by atoms with Crippen LogP contribution in [0.3, 0.4) is 0 Å². The van der Waals surface area contributed by atoms with E-state index in [-0.39, 0.29) is 30.3 Å². The number of hydrogen-bond donors (Lipinski definition) is 2. The highest BCUT2D eigenvalue weighted by Gasteiger charge is 2.34. The third-order valence-electron chi connectivity index (χ3n) is 3.80. The van der Waals surface area contributed by atoms with Crippen molar-refractivity contribution in [3.05, 3.63) is 40.6 Å². The summed E-state index contributed by atoms with van der Waals surface area (Å²) in [6, 6.07) is 6.29. The maximum atomic E-state index is 13.0.